The van der Waals surface area contributed by atoms with Crippen molar-refractivity contribution in [2.75, 3.05) is 0 Å². The molecule has 1 unspecified atom stereocenters. The minimum atomic E-state index is -0.520. The van der Waals surface area contributed by atoms with Crippen molar-refractivity contribution in [2.24, 2.45) is 11.1 Å². The molecular formula is C12H22N2O. The van der Waals surface area contributed by atoms with Gasteiger partial charge in [-0.05, 0) is 31.1 Å². The summed E-state index contributed by atoms with van der Waals surface area (Å²) >= 11 is 0. The molecule has 0 spiro atoms. The van der Waals surface area contributed by atoms with E-state index in [4.69, 9.17) is 5.73 Å². The summed E-state index contributed by atoms with van der Waals surface area (Å²) in [5.74, 6) is 0.0717. The van der Waals surface area contributed by atoms with E-state index in [9.17, 15) is 4.79 Å². The molecule has 0 aromatic carbocycles. The van der Waals surface area contributed by atoms with Crippen molar-refractivity contribution in [1.29, 1.82) is 0 Å². The van der Waals surface area contributed by atoms with Crippen molar-refractivity contribution < 1.29 is 4.79 Å². The predicted octanol–water partition coefficient (Wildman–Crippen LogP) is 1.56. The first-order valence-corrected chi connectivity index (χ1v) is 6.04. The fraction of sp³-hybridized carbons (Fsp3) is 0.917. The summed E-state index contributed by atoms with van der Waals surface area (Å²) in [5, 5.41) is 3.15. The van der Waals surface area contributed by atoms with E-state index in [0.717, 1.165) is 19.3 Å². The molecular weight excluding hydrogens is 188 g/mol. The standard InChI is InChI=1S/C12H22N2O/c1-11(2)6-4-3-5-9(11)14-10(15)12(13)7-8-12/h9H,3-8,13H2,1-2H3,(H,14,15). The van der Waals surface area contributed by atoms with Crippen molar-refractivity contribution in [3.05, 3.63) is 0 Å². The SMILES string of the molecule is CC1(C)CCCCC1NC(=O)C1(N)CC1. The molecule has 2 aliphatic carbocycles. The van der Waals surface area contributed by atoms with Crippen molar-refractivity contribution in [1.82, 2.24) is 5.32 Å². The second-order valence-corrected chi connectivity index (χ2v) is 5.92. The molecule has 2 fully saturated rings. The van der Waals surface area contributed by atoms with Gasteiger partial charge in [-0.25, -0.2) is 0 Å². The van der Waals surface area contributed by atoms with E-state index in [2.05, 4.69) is 19.2 Å². The first-order valence-electron chi connectivity index (χ1n) is 6.04. The first-order chi connectivity index (χ1) is 6.94. The molecule has 0 bridgehead atoms. The van der Waals surface area contributed by atoms with Crippen LogP contribution in [0, 0.1) is 5.41 Å². The van der Waals surface area contributed by atoms with Gasteiger partial charge in [0.25, 0.3) is 0 Å². The van der Waals surface area contributed by atoms with Crippen molar-refractivity contribution >= 4 is 5.91 Å². The van der Waals surface area contributed by atoms with Gasteiger partial charge in [0.05, 0.1) is 5.54 Å². The molecule has 3 N–H and O–H groups in total. The summed E-state index contributed by atoms with van der Waals surface area (Å²) in [7, 11) is 0. The van der Waals surface area contributed by atoms with E-state index >= 15 is 0 Å². The molecule has 3 heteroatoms. The number of carbonyl (C=O) groups is 1. The quantitative estimate of drug-likeness (QED) is 0.726. The summed E-state index contributed by atoms with van der Waals surface area (Å²) in [4.78, 5) is 11.8. The van der Waals surface area contributed by atoms with Gasteiger partial charge in [0, 0.05) is 6.04 Å². The van der Waals surface area contributed by atoms with E-state index in [1.165, 1.54) is 19.3 Å². The fourth-order valence-corrected chi connectivity index (χ4v) is 2.43. The normalized spacial score (nSPS) is 32.1. The maximum absolute atomic E-state index is 11.8. The third-order valence-electron chi connectivity index (χ3n) is 4.05. The average molecular weight is 210 g/mol. The highest BCUT2D eigenvalue weighted by molar-refractivity contribution is 5.89. The molecule has 0 radical (unpaired) electrons. The Bertz CT molecular complexity index is 269. The van der Waals surface area contributed by atoms with Crippen molar-refractivity contribution in [3.63, 3.8) is 0 Å². The number of amides is 1. The zero-order valence-corrected chi connectivity index (χ0v) is 9.81. The van der Waals surface area contributed by atoms with Crippen LogP contribution in [0.5, 0.6) is 0 Å². The molecule has 0 heterocycles. The largest absolute Gasteiger partial charge is 0.351 e. The topological polar surface area (TPSA) is 55.1 Å². The van der Waals surface area contributed by atoms with Gasteiger partial charge in [-0.15, -0.1) is 0 Å². The molecule has 0 aliphatic heterocycles. The summed E-state index contributed by atoms with van der Waals surface area (Å²) in [5.41, 5.74) is 5.60. The monoisotopic (exact) mass is 210 g/mol. The Morgan fingerprint density at radius 3 is 2.47 bits per heavy atom. The van der Waals surface area contributed by atoms with E-state index in [1.807, 2.05) is 0 Å². The summed E-state index contributed by atoms with van der Waals surface area (Å²) in [6, 6.07) is 0.319. The molecule has 3 nitrogen and oxygen atoms in total. The minimum absolute atomic E-state index is 0.0717. The Morgan fingerprint density at radius 2 is 1.93 bits per heavy atom. The van der Waals surface area contributed by atoms with Gasteiger partial charge in [-0.3, -0.25) is 4.79 Å². The van der Waals surface area contributed by atoms with Crippen LogP contribution >= 0.6 is 0 Å². The number of nitrogens with one attached hydrogen (secondary N) is 1. The van der Waals surface area contributed by atoms with Crippen molar-refractivity contribution in [3.8, 4) is 0 Å². The third kappa shape index (κ3) is 2.17. The lowest BCUT2D eigenvalue weighted by Crippen LogP contribution is -2.52. The Kier molecular flexibility index (Phi) is 2.53. The molecule has 0 aromatic rings. The van der Waals surface area contributed by atoms with Gasteiger partial charge in [-0.2, -0.15) is 0 Å². The highest BCUT2D eigenvalue weighted by Gasteiger charge is 2.47. The van der Waals surface area contributed by atoms with Gasteiger partial charge in [-0.1, -0.05) is 26.7 Å². The van der Waals surface area contributed by atoms with Gasteiger partial charge in [0.2, 0.25) is 5.91 Å². The van der Waals surface area contributed by atoms with Crippen LogP contribution in [0.1, 0.15) is 52.4 Å². The number of carbonyl (C=O) groups excluding carboxylic acids is 1. The zero-order chi connectivity index (χ0) is 11.1. The first kappa shape index (κ1) is 10.9. The van der Waals surface area contributed by atoms with Crippen LogP contribution in [0.15, 0.2) is 0 Å². The number of nitrogens with two attached hydrogens (primary N) is 1. The van der Waals surface area contributed by atoms with E-state index < -0.39 is 5.54 Å². The van der Waals surface area contributed by atoms with Crippen LogP contribution in [-0.4, -0.2) is 17.5 Å². The Morgan fingerprint density at radius 1 is 1.27 bits per heavy atom. The van der Waals surface area contributed by atoms with Crippen LogP contribution in [0.25, 0.3) is 0 Å². The highest BCUT2D eigenvalue weighted by atomic mass is 16.2. The van der Waals surface area contributed by atoms with E-state index in [-0.39, 0.29) is 11.3 Å². The third-order valence-corrected chi connectivity index (χ3v) is 4.05. The molecule has 1 amide bonds. The maximum atomic E-state index is 11.8. The lowest BCUT2D eigenvalue weighted by molar-refractivity contribution is -0.125. The van der Waals surface area contributed by atoms with Crippen LogP contribution < -0.4 is 11.1 Å². The summed E-state index contributed by atoms with van der Waals surface area (Å²) in [6.07, 6.45) is 6.53. The summed E-state index contributed by atoms with van der Waals surface area (Å²) in [6.45, 7) is 4.49. The summed E-state index contributed by atoms with van der Waals surface area (Å²) < 4.78 is 0. The van der Waals surface area contributed by atoms with Crippen molar-refractivity contribution in [2.45, 2.75) is 64.0 Å². The van der Waals surface area contributed by atoms with E-state index in [0.29, 0.717) is 6.04 Å². The number of hydrogen-bond acceptors (Lipinski definition) is 2. The smallest absolute Gasteiger partial charge is 0.240 e. The average Bonchev–Trinajstić information content (AvgIpc) is 2.89. The molecule has 0 aromatic heterocycles. The van der Waals surface area contributed by atoms with Crippen LogP contribution in [-0.2, 0) is 4.79 Å². The Labute approximate surface area is 91.8 Å². The van der Waals surface area contributed by atoms with Gasteiger partial charge in [0.1, 0.15) is 0 Å². The van der Waals surface area contributed by atoms with Gasteiger partial charge in [0.15, 0.2) is 0 Å². The maximum Gasteiger partial charge on any atom is 0.240 e. The zero-order valence-electron chi connectivity index (χ0n) is 9.81. The minimum Gasteiger partial charge on any atom is -0.351 e. The lowest BCUT2D eigenvalue weighted by atomic mass is 9.73. The van der Waals surface area contributed by atoms with Gasteiger partial charge >= 0.3 is 0 Å². The van der Waals surface area contributed by atoms with Crippen LogP contribution in [0.2, 0.25) is 0 Å². The fourth-order valence-electron chi connectivity index (χ4n) is 2.43. The molecule has 2 saturated carbocycles. The number of hydrogen-bond donors (Lipinski definition) is 2. The molecule has 2 aliphatic rings. The highest BCUT2D eigenvalue weighted by Crippen LogP contribution is 2.37. The second kappa shape index (κ2) is 3.48. The van der Waals surface area contributed by atoms with Gasteiger partial charge < -0.3 is 11.1 Å². The molecule has 1 atom stereocenters. The Hall–Kier alpha value is -0.570. The molecule has 2 rings (SSSR count). The molecule has 0 saturated heterocycles. The van der Waals surface area contributed by atoms with Crippen LogP contribution in [0.3, 0.4) is 0 Å². The molecule has 86 valence electrons. The number of rotatable bonds is 2. The second-order valence-electron chi connectivity index (χ2n) is 5.92. The lowest BCUT2D eigenvalue weighted by Gasteiger charge is -2.39. The molecule has 15 heavy (non-hydrogen) atoms. The van der Waals surface area contributed by atoms with E-state index in [1.54, 1.807) is 0 Å². The Balaban J connectivity index is 1.95. The van der Waals surface area contributed by atoms with Crippen LogP contribution in [0.4, 0.5) is 0 Å². The predicted molar refractivity (Wildman–Crippen MR) is 60.3 cm³/mol.